The summed E-state index contributed by atoms with van der Waals surface area (Å²) in [7, 11) is 2.92. The lowest BCUT2D eigenvalue weighted by Gasteiger charge is -2.26. The van der Waals surface area contributed by atoms with Crippen LogP contribution in [0.3, 0.4) is 0 Å². The van der Waals surface area contributed by atoms with Crippen LogP contribution in [0, 0.1) is 0 Å². The Morgan fingerprint density at radius 3 is 2.36 bits per heavy atom. The highest BCUT2D eigenvalue weighted by Crippen LogP contribution is 2.44. The molecule has 1 amide bonds. The number of anilines is 1. The van der Waals surface area contributed by atoms with Crippen LogP contribution in [-0.2, 0) is 9.59 Å². The van der Waals surface area contributed by atoms with Crippen LogP contribution in [0.1, 0.15) is 17.2 Å². The fourth-order valence-corrected chi connectivity index (χ4v) is 4.01. The minimum Gasteiger partial charge on any atom is -0.508 e. The summed E-state index contributed by atoms with van der Waals surface area (Å²) in [6, 6.07) is 16.4. The number of phenolic OH excluding ortho intramolecular Hbond substituents is 1. The van der Waals surface area contributed by atoms with Crippen molar-refractivity contribution in [1.29, 1.82) is 0 Å². The summed E-state index contributed by atoms with van der Waals surface area (Å²) in [5, 5.41) is 21.3. The molecule has 7 nitrogen and oxygen atoms in total. The molecule has 1 aliphatic heterocycles. The highest BCUT2D eigenvalue weighted by Gasteiger charge is 2.47. The van der Waals surface area contributed by atoms with Crippen molar-refractivity contribution in [3.05, 3.63) is 88.5 Å². The number of ketones is 1. The number of benzene rings is 3. The Labute approximate surface area is 195 Å². The summed E-state index contributed by atoms with van der Waals surface area (Å²) in [6.45, 7) is 0. The van der Waals surface area contributed by atoms with E-state index < -0.39 is 23.5 Å². The number of aliphatic hydroxyl groups excluding tert-OH is 1. The number of phenols is 1. The average Bonchev–Trinajstić information content (AvgIpc) is 3.09. The molecule has 1 aliphatic rings. The number of rotatable bonds is 5. The van der Waals surface area contributed by atoms with Gasteiger partial charge in [-0.3, -0.25) is 14.5 Å². The molecule has 0 aromatic heterocycles. The van der Waals surface area contributed by atoms with Crippen LogP contribution in [0.5, 0.6) is 17.2 Å². The molecule has 8 heteroatoms. The standard InChI is InChI=1S/C25H20ClNO6/c1-32-18-5-3-4-16(13-18)27-22(14-6-9-17(28)10-7-14)21(24(30)25(27)31)23(29)19-12-15(26)8-11-20(19)33-2/h3-13,22,28-29H,1-2H3/b23-21+. The molecule has 4 rings (SSSR count). The smallest absolute Gasteiger partial charge is 0.300 e. The maximum absolute atomic E-state index is 13.2. The van der Waals surface area contributed by atoms with E-state index in [9.17, 15) is 19.8 Å². The number of carbonyl (C=O) groups excluding carboxylic acids is 2. The molecule has 1 saturated heterocycles. The van der Waals surface area contributed by atoms with Gasteiger partial charge in [0.2, 0.25) is 0 Å². The van der Waals surface area contributed by atoms with E-state index in [0.29, 0.717) is 22.0 Å². The number of Topliss-reactive ketones (excluding diaryl/α,β-unsaturated/α-hetero) is 1. The van der Waals surface area contributed by atoms with Gasteiger partial charge in [0.1, 0.15) is 23.0 Å². The molecule has 2 N–H and O–H groups in total. The predicted octanol–water partition coefficient (Wildman–Crippen LogP) is 4.69. The number of carbonyl (C=O) groups is 2. The average molecular weight is 466 g/mol. The summed E-state index contributed by atoms with van der Waals surface area (Å²) in [6.07, 6.45) is 0. The first-order chi connectivity index (χ1) is 15.8. The minimum absolute atomic E-state index is 0.0218. The number of hydrogen-bond acceptors (Lipinski definition) is 6. The van der Waals surface area contributed by atoms with Crippen molar-refractivity contribution in [3.63, 3.8) is 0 Å². The third-order valence-electron chi connectivity index (χ3n) is 5.40. The van der Waals surface area contributed by atoms with Crippen LogP contribution in [-0.4, -0.2) is 36.1 Å². The molecule has 3 aromatic rings. The third-order valence-corrected chi connectivity index (χ3v) is 5.64. The Bertz CT molecular complexity index is 1270. The highest BCUT2D eigenvalue weighted by molar-refractivity contribution is 6.51. The van der Waals surface area contributed by atoms with Gasteiger partial charge in [-0.05, 0) is 48.0 Å². The number of ether oxygens (including phenoxy) is 2. The van der Waals surface area contributed by atoms with Crippen LogP contribution in [0.25, 0.3) is 5.76 Å². The Balaban J connectivity index is 1.98. The molecule has 1 unspecified atom stereocenters. The molecule has 0 saturated carbocycles. The normalized spacial score (nSPS) is 17.3. The molecule has 3 aromatic carbocycles. The summed E-state index contributed by atoms with van der Waals surface area (Å²) >= 11 is 6.13. The van der Waals surface area contributed by atoms with Crippen molar-refractivity contribution >= 4 is 34.7 Å². The van der Waals surface area contributed by atoms with Crippen LogP contribution in [0.4, 0.5) is 5.69 Å². The highest BCUT2D eigenvalue weighted by atomic mass is 35.5. The molecule has 1 heterocycles. The predicted molar refractivity (Wildman–Crippen MR) is 124 cm³/mol. The SMILES string of the molecule is COc1cccc(N2C(=O)C(=O)/C(=C(/O)c3cc(Cl)ccc3OC)C2c2ccc(O)cc2)c1. The van der Waals surface area contributed by atoms with Gasteiger partial charge in [-0.15, -0.1) is 0 Å². The second-order valence-electron chi connectivity index (χ2n) is 7.31. The number of halogens is 1. The molecular formula is C25H20ClNO6. The molecule has 168 valence electrons. The Morgan fingerprint density at radius 2 is 1.70 bits per heavy atom. The quantitative estimate of drug-likeness (QED) is 0.322. The van der Waals surface area contributed by atoms with E-state index in [0.717, 1.165) is 0 Å². The van der Waals surface area contributed by atoms with E-state index >= 15 is 0 Å². The van der Waals surface area contributed by atoms with Gasteiger partial charge in [0.15, 0.2) is 0 Å². The van der Waals surface area contributed by atoms with Gasteiger partial charge in [-0.25, -0.2) is 0 Å². The van der Waals surface area contributed by atoms with Crippen LogP contribution in [0.2, 0.25) is 5.02 Å². The zero-order chi connectivity index (χ0) is 23.7. The molecule has 1 fully saturated rings. The van der Waals surface area contributed by atoms with Gasteiger partial charge >= 0.3 is 0 Å². The van der Waals surface area contributed by atoms with E-state index in [4.69, 9.17) is 21.1 Å². The number of nitrogens with zero attached hydrogens (tertiary/aromatic N) is 1. The van der Waals surface area contributed by atoms with Crippen LogP contribution in [0.15, 0.2) is 72.3 Å². The van der Waals surface area contributed by atoms with Gasteiger partial charge in [-0.1, -0.05) is 29.8 Å². The summed E-state index contributed by atoms with van der Waals surface area (Å²) in [4.78, 5) is 27.7. The zero-order valence-corrected chi connectivity index (χ0v) is 18.5. The first-order valence-corrected chi connectivity index (χ1v) is 10.3. The lowest BCUT2D eigenvalue weighted by molar-refractivity contribution is -0.132. The number of hydrogen-bond donors (Lipinski definition) is 2. The van der Waals surface area contributed by atoms with Crippen molar-refractivity contribution in [2.75, 3.05) is 19.1 Å². The second-order valence-corrected chi connectivity index (χ2v) is 7.74. The molecule has 0 aliphatic carbocycles. The van der Waals surface area contributed by atoms with Gasteiger partial charge in [0.25, 0.3) is 11.7 Å². The summed E-state index contributed by atoms with van der Waals surface area (Å²) in [5.41, 5.74) is 0.968. The van der Waals surface area contributed by atoms with Crippen LogP contribution < -0.4 is 14.4 Å². The van der Waals surface area contributed by atoms with Gasteiger partial charge in [0.05, 0.1) is 31.4 Å². The van der Waals surface area contributed by atoms with E-state index in [1.807, 2.05) is 0 Å². The van der Waals surface area contributed by atoms with Crippen molar-refractivity contribution in [2.45, 2.75) is 6.04 Å². The van der Waals surface area contributed by atoms with E-state index in [2.05, 4.69) is 0 Å². The largest absolute Gasteiger partial charge is 0.508 e. The molecular weight excluding hydrogens is 446 g/mol. The molecule has 0 bridgehead atoms. The Kier molecular flexibility index (Phi) is 5.98. The topological polar surface area (TPSA) is 96.3 Å². The van der Waals surface area contributed by atoms with Crippen molar-refractivity contribution in [3.8, 4) is 17.2 Å². The molecule has 33 heavy (non-hydrogen) atoms. The first-order valence-electron chi connectivity index (χ1n) is 9.93. The van der Waals surface area contributed by atoms with Crippen molar-refractivity contribution < 1.29 is 29.3 Å². The van der Waals surface area contributed by atoms with Crippen LogP contribution >= 0.6 is 11.6 Å². The maximum Gasteiger partial charge on any atom is 0.300 e. The van der Waals surface area contributed by atoms with Gasteiger partial charge in [0, 0.05) is 16.8 Å². The third kappa shape index (κ3) is 3.99. The second kappa shape index (κ2) is 8.88. The Morgan fingerprint density at radius 1 is 0.970 bits per heavy atom. The number of amides is 1. The van der Waals surface area contributed by atoms with Gasteiger partial charge < -0.3 is 19.7 Å². The molecule has 0 radical (unpaired) electrons. The Hall–Kier alpha value is -3.97. The molecule has 1 atom stereocenters. The lowest BCUT2D eigenvalue weighted by Crippen LogP contribution is -2.29. The van der Waals surface area contributed by atoms with Crippen molar-refractivity contribution in [1.82, 2.24) is 0 Å². The van der Waals surface area contributed by atoms with Gasteiger partial charge in [-0.2, -0.15) is 0 Å². The minimum atomic E-state index is -0.971. The molecule has 0 spiro atoms. The number of aromatic hydroxyl groups is 1. The lowest BCUT2D eigenvalue weighted by atomic mass is 9.94. The number of methoxy groups -OCH3 is 2. The summed E-state index contributed by atoms with van der Waals surface area (Å²) in [5.74, 6) is -1.30. The van der Waals surface area contributed by atoms with E-state index in [-0.39, 0.29) is 22.6 Å². The first kappa shape index (κ1) is 22.2. The monoisotopic (exact) mass is 465 g/mol. The van der Waals surface area contributed by atoms with E-state index in [1.54, 1.807) is 48.5 Å². The van der Waals surface area contributed by atoms with E-state index in [1.165, 1.54) is 37.3 Å². The maximum atomic E-state index is 13.2. The fraction of sp³-hybridized carbons (Fsp3) is 0.120. The number of aliphatic hydroxyl groups is 1. The fourth-order valence-electron chi connectivity index (χ4n) is 3.84. The zero-order valence-electron chi connectivity index (χ0n) is 17.8. The van der Waals surface area contributed by atoms with Crippen molar-refractivity contribution in [2.24, 2.45) is 0 Å². The summed E-state index contributed by atoms with van der Waals surface area (Å²) < 4.78 is 10.6.